The molecule has 1 aliphatic heterocycles. The summed E-state index contributed by atoms with van der Waals surface area (Å²) in [6, 6.07) is 14.7. The first-order chi connectivity index (χ1) is 12.3. The van der Waals surface area contributed by atoms with Crippen molar-refractivity contribution in [2.24, 2.45) is 0 Å². The standard InChI is InChI=1S/C20H23N5/c1-15(17-9-5-11-21-13-17)25-12-6-10-18(14-25)20-22-19(23-24-20)16-7-3-2-4-8-16/h2-5,7-9,11,13,15,18H,6,10,12,14H2,1H3,(H,22,23,24)/t15-,18-/m0/s1. The monoisotopic (exact) mass is 333 g/mol. The Morgan fingerprint density at radius 1 is 1.16 bits per heavy atom. The van der Waals surface area contributed by atoms with Gasteiger partial charge in [-0.1, -0.05) is 36.4 Å². The zero-order valence-corrected chi connectivity index (χ0v) is 14.5. The molecule has 0 spiro atoms. The van der Waals surface area contributed by atoms with Gasteiger partial charge in [-0.15, -0.1) is 0 Å². The maximum Gasteiger partial charge on any atom is 0.181 e. The average Bonchev–Trinajstić information content (AvgIpc) is 3.19. The molecule has 4 rings (SSSR count). The molecule has 0 saturated carbocycles. The smallest absolute Gasteiger partial charge is 0.181 e. The van der Waals surface area contributed by atoms with Crippen LogP contribution in [0, 0.1) is 0 Å². The zero-order valence-electron chi connectivity index (χ0n) is 14.5. The summed E-state index contributed by atoms with van der Waals surface area (Å²) in [6.07, 6.45) is 6.13. The van der Waals surface area contributed by atoms with E-state index in [-0.39, 0.29) is 0 Å². The lowest BCUT2D eigenvalue weighted by Gasteiger charge is -2.36. The van der Waals surface area contributed by atoms with Crippen LogP contribution < -0.4 is 0 Å². The number of aromatic amines is 1. The van der Waals surface area contributed by atoms with Crippen molar-refractivity contribution >= 4 is 0 Å². The Balaban J connectivity index is 1.49. The van der Waals surface area contributed by atoms with Crippen LogP contribution in [0.4, 0.5) is 0 Å². The minimum Gasteiger partial charge on any atom is -0.296 e. The van der Waals surface area contributed by atoms with E-state index in [0.717, 1.165) is 36.7 Å². The van der Waals surface area contributed by atoms with E-state index in [1.807, 2.05) is 48.8 Å². The molecule has 0 unspecified atom stereocenters. The molecular formula is C20H23N5. The van der Waals surface area contributed by atoms with Crippen molar-refractivity contribution in [3.05, 3.63) is 66.2 Å². The van der Waals surface area contributed by atoms with Crippen molar-refractivity contribution in [1.29, 1.82) is 0 Å². The maximum atomic E-state index is 4.77. The summed E-state index contributed by atoms with van der Waals surface area (Å²) >= 11 is 0. The first-order valence-electron chi connectivity index (χ1n) is 8.93. The fraction of sp³-hybridized carbons (Fsp3) is 0.350. The van der Waals surface area contributed by atoms with Gasteiger partial charge in [0.1, 0.15) is 5.82 Å². The van der Waals surface area contributed by atoms with E-state index < -0.39 is 0 Å². The van der Waals surface area contributed by atoms with Gasteiger partial charge in [0.15, 0.2) is 5.82 Å². The number of nitrogens with one attached hydrogen (secondary N) is 1. The summed E-state index contributed by atoms with van der Waals surface area (Å²) in [4.78, 5) is 11.5. The molecule has 1 aromatic carbocycles. The first kappa shape index (κ1) is 16.0. The van der Waals surface area contributed by atoms with Crippen LogP contribution in [0.25, 0.3) is 11.4 Å². The number of aromatic nitrogens is 4. The van der Waals surface area contributed by atoms with E-state index >= 15 is 0 Å². The fourth-order valence-corrected chi connectivity index (χ4v) is 3.59. The second-order valence-electron chi connectivity index (χ2n) is 6.71. The molecule has 25 heavy (non-hydrogen) atoms. The lowest BCUT2D eigenvalue weighted by molar-refractivity contribution is 0.155. The van der Waals surface area contributed by atoms with Gasteiger partial charge in [0.25, 0.3) is 0 Å². The van der Waals surface area contributed by atoms with Crippen LogP contribution in [0.2, 0.25) is 0 Å². The second-order valence-corrected chi connectivity index (χ2v) is 6.71. The predicted molar refractivity (Wildman–Crippen MR) is 98.0 cm³/mol. The van der Waals surface area contributed by atoms with Crippen LogP contribution in [-0.2, 0) is 0 Å². The minimum absolute atomic E-state index is 0.369. The summed E-state index contributed by atoms with van der Waals surface area (Å²) in [5.74, 6) is 2.19. The van der Waals surface area contributed by atoms with Crippen molar-refractivity contribution in [1.82, 2.24) is 25.1 Å². The molecule has 0 radical (unpaired) electrons. The number of hydrogen-bond donors (Lipinski definition) is 1. The number of hydrogen-bond acceptors (Lipinski definition) is 4. The quantitative estimate of drug-likeness (QED) is 0.789. The van der Waals surface area contributed by atoms with Crippen molar-refractivity contribution in [2.45, 2.75) is 31.7 Å². The van der Waals surface area contributed by atoms with Crippen LogP contribution >= 0.6 is 0 Å². The molecule has 0 bridgehead atoms. The molecule has 1 N–H and O–H groups in total. The number of rotatable bonds is 4. The molecule has 2 aromatic heterocycles. The minimum atomic E-state index is 0.369. The lowest BCUT2D eigenvalue weighted by Crippen LogP contribution is -2.36. The number of H-pyrrole nitrogens is 1. The van der Waals surface area contributed by atoms with Crippen molar-refractivity contribution < 1.29 is 0 Å². The normalized spacial score (nSPS) is 19.6. The Labute approximate surface area is 148 Å². The maximum absolute atomic E-state index is 4.77. The molecular weight excluding hydrogens is 310 g/mol. The van der Waals surface area contributed by atoms with Crippen LogP contribution in [0.15, 0.2) is 54.9 Å². The molecule has 1 saturated heterocycles. The molecule has 0 aliphatic carbocycles. The molecule has 5 heteroatoms. The Morgan fingerprint density at radius 3 is 2.84 bits per heavy atom. The molecule has 2 atom stereocenters. The van der Waals surface area contributed by atoms with Crippen LogP contribution in [0.1, 0.15) is 43.1 Å². The van der Waals surface area contributed by atoms with E-state index in [9.17, 15) is 0 Å². The molecule has 128 valence electrons. The highest BCUT2D eigenvalue weighted by Gasteiger charge is 2.27. The highest BCUT2D eigenvalue weighted by atomic mass is 15.2. The number of likely N-dealkylation sites (tertiary alicyclic amines) is 1. The number of pyridine rings is 1. The van der Waals surface area contributed by atoms with Crippen molar-refractivity contribution in [2.75, 3.05) is 13.1 Å². The van der Waals surface area contributed by atoms with E-state index in [1.54, 1.807) is 0 Å². The van der Waals surface area contributed by atoms with Crippen molar-refractivity contribution in [3.63, 3.8) is 0 Å². The Bertz CT molecular complexity index is 799. The van der Waals surface area contributed by atoms with Gasteiger partial charge in [0.2, 0.25) is 0 Å². The topological polar surface area (TPSA) is 57.7 Å². The van der Waals surface area contributed by atoms with E-state index in [4.69, 9.17) is 4.98 Å². The number of benzene rings is 1. The summed E-state index contributed by atoms with van der Waals surface area (Å²) in [5.41, 5.74) is 2.33. The Kier molecular flexibility index (Phi) is 4.57. The Morgan fingerprint density at radius 2 is 2.04 bits per heavy atom. The van der Waals surface area contributed by atoms with Crippen LogP contribution in [-0.4, -0.2) is 38.2 Å². The van der Waals surface area contributed by atoms with Gasteiger partial charge in [-0.3, -0.25) is 15.0 Å². The number of nitrogens with zero attached hydrogens (tertiary/aromatic N) is 4. The van der Waals surface area contributed by atoms with Gasteiger partial charge < -0.3 is 0 Å². The third kappa shape index (κ3) is 3.46. The largest absolute Gasteiger partial charge is 0.296 e. The van der Waals surface area contributed by atoms with Crippen molar-refractivity contribution in [3.8, 4) is 11.4 Å². The fourth-order valence-electron chi connectivity index (χ4n) is 3.59. The molecule has 3 heterocycles. The van der Waals surface area contributed by atoms with Gasteiger partial charge in [0, 0.05) is 36.5 Å². The third-order valence-corrected chi connectivity index (χ3v) is 5.09. The summed E-state index contributed by atoms with van der Waals surface area (Å²) in [6.45, 7) is 4.38. The molecule has 1 aliphatic rings. The summed E-state index contributed by atoms with van der Waals surface area (Å²) < 4.78 is 0. The van der Waals surface area contributed by atoms with Crippen LogP contribution in [0.3, 0.4) is 0 Å². The SMILES string of the molecule is C[C@@H](c1cccnc1)N1CCC[C@H](c2nc(-c3ccccc3)n[nH]2)C1. The third-order valence-electron chi connectivity index (χ3n) is 5.09. The molecule has 0 amide bonds. The van der Waals surface area contributed by atoms with Gasteiger partial charge in [-0.25, -0.2) is 4.98 Å². The van der Waals surface area contributed by atoms with E-state index in [0.29, 0.717) is 12.0 Å². The second kappa shape index (κ2) is 7.15. The summed E-state index contributed by atoms with van der Waals surface area (Å²) in [7, 11) is 0. The van der Waals surface area contributed by atoms with Gasteiger partial charge in [-0.05, 0) is 37.9 Å². The molecule has 1 fully saturated rings. The molecule has 3 aromatic rings. The van der Waals surface area contributed by atoms with Gasteiger partial charge >= 0.3 is 0 Å². The lowest BCUT2D eigenvalue weighted by atomic mass is 9.95. The van der Waals surface area contributed by atoms with E-state index in [2.05, 4.69) is 33.1 Å². The van der Waals surface area contributed by atoms with Gasteiger partial charge in [-0.2, -0.15) is 5.10 Å². The Hall–Kier alpha value is -2.53. The predicted octanol–water partition coefficient (Wildman–Crippen LogP) is 3.81. The van der Waals surface area contributed by atoms with Gasteiger partial charge in [0.05, 0.1) is 0 Å². The highest BCUT2D eigenvalue weighted by Crippen LogP contribution is 2.31. The highest BCUT2D eigenvalue weighted by molar-refractivity contribution is 5.53. The molecule has 5 nitrogen and oxygen atoms in total. The first-order valence-corrected chi connectivity index (χ1v) is 8.93. The summed E-state index contributed by atoms with van der Waals surface area (Å²) in [5, 5.41) is 7.60. The van der Waals surface area contributed by atoms with E-state index in [1.165, 1.54) is 12.0 Å². The average molecular weight is 333 g/mol. The number of piperidine rings is 1. The van der Waals surface area contributed by atoms with Crippen LogP contribution in [0.5, 0.6) is 0 Å². The zero-order chi connectivity index (χ0) is 17.1.